The van der Waals surface area contributed by atoms with Crippen LogP contribution in [0.1, 0.15) is 40.6 Å². The fourth-order valence-electron chi connectivity index (χ4n) is 3.54. The van der Waals surface area contributed by atoms with E-state index < -0.39 is 17.4 Å². The second-order valence-electron chi connectivity index (χ2n) is 6.96. The Morgan fingerprint density at radius 3 is 2.87 bits per heavy atom. The summed E-state index contributed by atoms with van der Waals surface area (Å²) in [6.07, 6.45) is 6.47. The first-order valence-corrected chi connectivity index (χ1v) is 11.7. The summed E-state index contributed by atoms with van der Waals surface area (Å²) in [5.41, 5.74) is 1.29. The monoisotopic (exact) mass is 459 g/mol. The molecular formula is C20H21N5O4S2. The van der Waals surface area contributed by atoms with Gasteiger partial charge >= 0.3 is 5.97 Å². The van der Waals surface area contributed by atoms with Crippen LogP contribution >= 0.6 is 23.1 Å². The Morgan fingerprint density at radius 1 is 1.29 bits per heavy atom. The maximum Gasteiger partial charge on any atom is 0.341 e. The predicted molar refractivity (Wildman–Crippen MR) is 119 cm³/mol. The summed E-state index contributed by atoms with van der Waals surface area (Å²) < 4.78 is 6.14. The van der Waals surface area contributed by atoms with Crippen LogP contribution in [0.4, 0.5) is 5.00 Å². The Morgan fingerprint density at radius 2 is 2.10 bits per heavy atom. The number of aryl methyl sites for hydroxylation is 1. The first kappa shape index (κ1) is 21.4. The number of aromatic nitrogens is 4. The van der Waals surface area contributed by atoms with Gasteiger partial charge < -0.3 is 10.1 Å². The van der Waals surface area contributed by atoms with Crippen LogP contribution in [0.25, 0.3) is 11.0 Å². The molecule has 1 aliphatic carbocycles. The van der Waals surface area contributed by atoms with Crippen LogP contribution in [0.15, 0.2) is 22.5 Å². The smallest absolute Gasteiger partial charge is 0.341 e. The predicted octanol–water partition coefficient (Wildman–Crippen LogP) is 2.66. The molecule has 3 aromatic heterocycles. The van der Waals surface area contributed by atoms with Gasteiger partial charge in [0, 0.05) is 11.1 Å². The number of methoxy groups -OCH3 is 1. The van der Waals surface area contributed by atoms with E-state index in [1.807, 2.05) is 6.92 Å². The van der Waals surface area contributed by atoms with Crippen molar-refractivity contribution in [3.8, 4) is 0 Å². The Bertz CT molecular complexity index is 1220. The van der Waals surface area contributed by atoms with Gasteiger partial charge in [0.05, 0.1) is 12.7 Å². The summed E-state index contributed by atoms with van der Waals surface area (Å²) >= 11 is 2.86. The summed E-state index contributed by atoms with van der Waals surface area (Å²) in [5, 5.41) is 4.06. The molecule has 0 unspecified atom stereocenters. The molecule has 11 heteroatoms. The number of carbonyl (C=O) groups excluding carboxylic acids is 2. The molecule has 1 aliphatic rings. The van der Waals surface area contributed by atoms with E-state index in [1.54, 1.807) is 0 Å². The third-order valence-corrected chi connectivity index (χ3v) is 6.91. The average molecular weight is 460 g/mol. The summed E-state index contributed by atoms with van der Waals surface area (Å²) in [6.45, 7) is 1.74. The van der Waals surface area contributed by atoms with Crippen molar-refractivity contribution in [2.45, 2.75) is 44.3 Å². The Hall–Kier alpha value is -2.79. The van der Waals surface area contributed by atoms with Gasteiger partial charge in [-0.1, -0.05) is 18.7 Å². The van der Waals surface area contributed by atoms with Crippen molar-refractivity contribution in [1.82, 2.24) is 19.5 Å². The lowest BCUT2D eigenvalue weighted by atomic mass is 9.95. The van der Waals surface area contributed by atoms with E-state index >= 15 is 0 Å². The van der Waals surface area contributed by atoms with Crippen LogP contribution in [0.5, 0.6) is 0 Å². The average Bonchev–Trinajstić information content (AvgIpc) is 3.13. The maximum absolute atomic E-state index is 12.8. The highest BCUT2D eigenvalue weighted by Gasteiger charge is 2.27. The highest BCUT2D eigenvalue weighted by Crippen LogP contribution is 2.38. The first-order chi connectivity index (χ1) is 15.0. The van der Waals surface area contributed by atoms with Gasteiger partial charge in [0.15, 0.2) is 10.8 Å². The summed E-state index contributed by atoms with van der Waals surface area (Å²) in [5.74, 6) is -0.0779. The largest absolute Gasteiger partial charge is 0.465 e. The molecular weight excluding hydrogens is 438 g/mol. The second kappa shape index (κ2) is 9.15. The number of amides is 1. The molecule has 3 aromatic rings. The van der Waals surface area contributed by atoms with Crippen LogP contribution in [0.3, 0.4) is 0 Å². The van der Waals surface area contributed by atoms with Crippen molar-refractivity contribution in [2.24, 2.45) is 0 Å². The van der Waals surface area contributed by atoms with Crippen molar-refractivity contribution in [3.63, 3.8) is 0 Å². The molecule has 0 radical (unpaired) electrons. The van der Waals surface area contributed by atoms with E-state index in [4.69, 9.17) is 4.74 Å². The van der Waals surface area contributed by atoms with Gasteiger partial charge in [-0.15, -0.1) is 11.3 Å². The zero-order valence-corrected chi connectivity index (χ0v) is 18.8. The molecule has 0 bridgehead atoms. The molecule has 0 atom stereocenters. The first-order valence-electron chi connectivity index (χ1n) is 9.89. The molecule has 31 heavy (non-hydrogen) atoms. The number of ether oxygens (including phenoxy) is 1. The number of nitrogens with zero attached hydrogens (tertiary/aromatic N) is 4. The number of thioether (sulfide) groups is 1. The van der Waals surface area contributed by atoms with Crippen LogP contribution in [0.2, 0.25) is 0 Å². The van der Waals surface area contributed by atoms with E-state index in [-0.39, 0.29) is 11.9 Å². The molecule has 0 saturated carbocycles. The lowest BCUT2D eigenvalue weighted by molar-refractivity contribution is -0.116. The fourth-order valence-corrected chi connectivity index (χ4v) is 5.37. The quantitative estimate of drug-likeness (QED) is 0.340. The summed E-state index contributed by atoms with van der Waals surface area (Å²) in [7, 11) is 1.33. The Labute approximate surface area is 186 Å². The van der Waals surface area contributed by atoms with Gasteiger partial charge in [-0.2, -0.15) is 0 Å². The topological polar surface area (TPSA) is 116 Å². The number of thiophene rings is 1. The zero-order valence-electron chi connectivity index (χ0n) is 17.1. The van der Waals surface area contributed by atoms with E-state index in [0.717, 1.165) is 41.9 Å². The van der Waals surface area contributed by atoms with E-state index in [1.165, 1.54) is 47.3 Å². The van der Waals surface area contributed by atoms with Crippen molar-refractivity contribution < 1.29 is 14.3 Å². The molecule has 0 saturated heterocycles. The van der Waals surface area contributed by atoms with Gasteiger partial charge in [0.25, 0.3) is 5.56 Å². The second-order valence-corrected chi connectivity index (χ2v) is 9.29. The minimum Gasteiger partial charge on any atom is -0.465 e. The van der Waals surface area contributed by atoms with Crippen molar-refractivity contribution in [3.05, 3.63) is 38.9 Å². The summed E-state index contributed by atoms with van der Waals surface area (Å²) in [6, 6.07) is 0. The van der Waals surface area contributed by atoms with E-state index in [9.17, 15) is 14.4 Å². The molecule has 9 nitrogen and oxygen atoms in total. The Balaban J connectivity index is 1.58. The van der Waals surface area contributed by atoms with Crippen LogP contribution < -0.4 is 10.9 Å². The van der Waals surface area contributed by atoms with Gasteiger partial charge in [-0.25, -0.2) is 19.7 Å². The van der Waals surface area contributed by atoms with Crippen LogP contribution in [0, 0.1) is 0 Å². The molecule has 1 amide bonds. The molecule has 4 rings (SSSR count). The molecule has 162 valence electrons. The number of hydrogen-bond acceptors (Lipinski definition) is 9. The van der Waals surface area contributed by atoms with Crippen molar-refractivity contribution in [1.29, 1.82) is 0 Å². The third kappa shape index (κ3) is 4.33. The number of esters is 1. The standard InChI is InChI=1S/C20H21N5O4S2/c1-3-30-20-21-8-12-16(24-20)22-10-25(18(12)27)9-14(26)23-17-15(19(28)29-2)11-6-4-5-7-13(11)31-17/h8,10H,3-7,9H2,1-2H3,(H,23,26). The van der Waals surface area contributed by atoms with Crippen molar-refractivity contribution in [2.75, 3.05) is 18.2 Å². The van der Waals surface area contributed by atoms with E-state index in [0.29, 0.717) is 21.4 Å². The van der Waals surface area contributed by atoms with Gasteiger partial charge in [0.2, 0.25) is 5.91 Å². The van der Waals surface area contributed by atoms with Crippen LogP contribution in [-0.2, 0) is 28.9 Å². The minimum absolute atomic E-state index is 0.240. The van der Waals surface area contributed by atoms with Gasteiger partial charge in [0.1, 0.15) is 23.3 Å². The highest BCUT2D eigenvalue weighted by molar-refractivity contribution is 7.99. The zero-order chi connectivity index (χ0) is 22.0. The molecule has 0 spiro atoms. The highest BCUT2D eigenvalue weighted by atomic mass is 32.2. The van der Waals surface area contributed by atoms with Crippen molar-refractivity contribution >= 4 is 51.0 Å². The molecule has 0 fully saturated rings. The maximum atomic E-state index is 12.8. The minimum atomic E-state index is -0.461. The number of hydrogen-bond donors (Lipinski definition) is 1. The summed E-state index contributed by atoms with van der Waals surface area (Å²) in [4.78, 5) is 51.5. The van der Waals surface area contributed by atoms with Gasteiger partial charge in [-0.3, -0.25) is 14.2 Å². The number of anilines is 1. The number of rotatable bonds is 6. The molecule has 1 N–H and O–H groups in total. The lowest BCUT2D eigenvalue weighted by Gasteiger charge is -2.12. The third-order valence-electron chi connectivity index (χ3n) is 4.96. The van der Waals surface area contributed by atoms with E-state index in [2.05, 4.69) is 20.3 Å². The molecule has 3 heterocycles. The fraction of sp³-hybridized carbons (Fsp3) is 0.400. The molecule has 0 aliphatic heterocycles. The lowest BCUT2D eigenvalue weighted by Crippen LogP contribution is -2.28. The normalized spacial score (nSPS) is 13.1. The number of nitrogens with one attached hydrogen (secondary N) is 1. The van der Waals surface area contributed by atoms with Gasteiger partial charge in [-0.05, 0) is 37.0 Å². The SMILES string of the molecule is CCSc1ncc2c(=O)n(CC(=O)Nc3sc4c(c3C(=O)OC)CCCC4)cnc2n1. The number of fused-ring (bicyclic) bond motifs is 2. The Kier molecular flexibility index (Phi) is 6.33. The molecule has 0 aromatic carbocycles. The number of carbonyl (C=O) groups is 2. The van der Waals surface area contributed by atoms with Crippen LogP contribution in [-0.4, -0.2) is 44.3 Å².